The summed E-state index contributed by atoms with van der Waals surface area (Å²) in [6.45, 7) is 0. The SMILES string of the molecule is Nc1c(C(=O)Nc2ccc(F)cc2F)sc2nc(-c3cc(Cl)ccc3Cl)ccc12. The number of fused-ring (bicyclic) bond motifs is 1. The van der Waals surface area contributed by atoms with Crippen LogP contribution in [0.5, 0.6) is 0 Å². The molecule has 0 radical (unpaired) electrons. The monoisotopic (exact) mass is 449 g/mol. The molecular formula is C20H11Cl2F2N3OS. The number of carbonyl (C=O) groups is 1. The van der Waals surface area contributed by atoms with Gasteiger partial charge in [0.15, 0.2) is 0 Å². The first-order valence-electron chi connectivity index (χ1n) is 8.24. The Labute approximate surface area is 177 Å². The van der Waals surface area contributed by atoms with E-state index >= 15 is 0 Å². The van der Waals surface area contributed by atoms with E-state index in [1.54, 1.807) is 30.3 Å². The second-order valence-corrected chi connectivity index (χ2v) is 7.94. The summed E-state index contributed by atoms with van der Waals surface area (Å²) in [5.74, 6) is -2.23. The summed E-state index contributed by atoms with van der Waals surface area (Å²) >= 11 is 13.3. The van der Waals surface area contributed by atoms with Crippen LogP contribution in [-0.2, 0) is 0 Å². The number of nitrogens with one attached hydrogen (secondary N) is 1. The summed E-state index contributed by atoms with van der Waals surface area (Å²) in [4.78, 5) is 17.8. The molecule has 4 nitrogen and oxygen atoms in total. The van der Waals surface area contributed by atoms with Crippen molar-refractivity contribution in [2.45, 2.75) is 0 Å². The Balaban J connectivity index is 1.72. The minimum absolute atomic E-state index is 0.146. The van der Waals surface area contributed by atoms with E-state index in [1.807, 2.05) is 0 Å². The standard InChI is InChI=1S/C20H11Cl2F2N3OS/c21-9-1-4-13(22)12(7-9)15-6-3-11-17(25)18(29-20(11)27-15)19(28)26-16-5-2-10(23)8-14(16)24/h1-8H,25H2,(H,26,28). The molecule has 0 atom stereocenters. The Kier molecular flexibility index (Phi) is 5.12. The number of nitrogens with zero attached hydrogens (tertiary/aromatic N) is 1. The van der Waals surface area contributed by atoms with Crippen molar-refractivity contribution in [3.05, 3.63) is 75.1 Å². The van der Waals surface area contributed by atoms with Gasteiger partial charge in [0, 0.05) is 22.0 Å². The average Bonchev–Trinajstić information content (AvgIpc) is 3.02. The van der Waals surface area contributed by atoms with Gasteiger partial charge in [-0.25, -0.2) is 13.8 Å². The molecule has 2 aromatic carbocycles. The van der Waals surface area contributed by atoms with Crippen molar-refractivity contribution in [3.8, 4) is 11.3 Å². The highest BCUT2D eigenvalue weighted by Crippen LogP contribution is 2.36. The molecule has 0 aliphatic rings. The van der Waals surface area contributed by atoms with Gasteiger partial charge in [-0.15, -0.1) is 11.3 Å². The molecule has 0 spiro atoms. The first-order valence-corrected chi connectivity index (χ1v) is 9.81. The number of rotatable bonds is 3. The Morgan fingerprint density at radius 2 is 1.86 bits per heavy atom. The van der Waals surface area contributed by atoms with Gasteiger partial charge in [0.25, 0.3) is 5.91 Å². The summed E-state index contributed by atoms with van der Waals surface area (Å²) in [5.41, 5.74) is 7.40. The lowest BCUT2D eigenvalue weighted by Gasteiger charge is -2.05. The van der Waals surface area contributed by atoms with E-state index in [0.717, 1.165) is 23.5 Å². The molecular weight excluding hydrogens is 439 g/mol. The number of nitrogen functional groups attached to an aromatic ring is 1. The van der Waals surface area contributed by atoms with Crippen molar-refractivity contribution < 1.29 is 13.6 Å². The van der Waals surface area contributed by atoms with Crippen molar-refractivity contribution in [3.63, 3.8) is 0 Å². The summed E-state index contributed by atoms with van der Waals surface area (Å²) in [5, 5.41) is 3.98. The number of nitrogens with two attached hydrogens (primary N) is 1. The largest absolute Gasteiger partial charge is 0.397 e. The predicted octanol–water partition coefficient (Wildman–Crippen LogP) is 6.38. The van der Waals surface area contributed by atoms with Crippen LogP contribution in [0.15, 0.2) is 48.5 Å². The molecule has 1 amide bonds. The van der Waals surface area contributed by atoms with Crippen LogP contribution in [0.1, 0.15) is 9.67 Å². The van der Waals surface area contributed by atoms with Gasteiger partial charge in [-0.05, 0) is 42.5 Å². The zero-order valence-corrected chi connectivity index (χ0v) is 16.8. The summed E-state index contributed by atoms with van der Waals surface area (Å²) < 4.78 is 26.9. The molecule has 2 heterocycles. The lowest BCUT2D eigenvalue weighted by atomic mass is 10.1. The van der Waals surface area contributed by atoms with Crippen molar-refractivity contribution in [1.29, 1.82) is 0 Å². The molecule has 0 saturated heterocycles. The molecule has 0 bridgehead atoms. The Hall–Kier alpha value is -2.74. The highest BCUT2D eigenvalue weighted by atomic mass is 35.5. The van der Waals surface area contributed by atoms with Crippen LogP contribution < -0.4 is 11.1 Å². The minimum Gasteiger partial charge on any atom is -0.397 e. The first-order chi connectivity index (χ1) is 13.8. The van der Waals surface area contributed by atoms with Crippen molar-refractivity contribution in [2.24, 2.45) is 0 Å². The third-order valence-electron chi connectivity index (χ3n) is 4.18. The summed E-state index contributed by atoms with van der Waals surface area (Å²) in [6, 6.07) is 11.4. The minimum atomic E-state index is -0.881. The second-order valence-electron chi connectivity index (χ2n) is 6.10. The Morgan fingerprint density at radius 1 is 1.07 bits per heavy atom. The van der Waals surface area contributed by atoms with E-state index in [-0.39, 0.29) is 16.3 Å². The van der Waals surface area contributed by atoms with E-state index in [9.17, 15) is 13.6 Å². The number of hydrogen-bond donors (Lipinski definition) is 2. The highest BCUT2D eigenvalue weighted by Gasteiger charge is 2.19. The number of benzene rings is 2. The zero-order chi connectivity index (χ0) is 20.7. The van der Waals surface area contributed by atoms with Crippen LogP contribution in [-0.4, -0.2) is 10.9 Å². The quantitative estimate of drug-likeness (QED) is 0.381. The van der Waals surface area contributed by atoms with Crippen molar-refractivity contribution in [1.82, 2.24) is 4.98 Å². The van der Waals surface area contributed by atoms with Crippen LogP contribution in [0.4, 0.5) is 20.2 Å². The number of amides is 1. The second kappa shape index (κ2) is 7.59. The molecule has 29 heavy (non-hydrogen) atoms. The summed E-state index contributed by atoms with van der Waals surface area (Å²) in [7, 11) is 0. The molecule has 146 valence electrons. The summed E-state index contributed by atoms with van der Waals surface area (Å²) in [6.07, 6.45) is 0. The van der Waals surface area contributed by atoms with Gasteiger partial charge in [0.1, 0.15) is 21.3 Å². The molecule has 3 N–H and O–H groups in total. The van der Waals surface area contributed by atoms with Crippen LogP contribution in [0.25, 0.3) is 21.5 Å². The van der Waals surface area contributed by atoms with Gasteiger partial charge in [-0.3, -0.25) is 4.79 Å². The van der Waals surface area contributed by atoms with E-state index in [4.69, 9.17) is 28.9 Å². The van der Waals surface area contributed by atoms with Crippen LogP contribution in [0, 0.1) is 11.6 Å². The van der Waals surface area contributed by atoms with Gasteiger partial charge in [-0.2, -0.15) is 0 Å². The van der Waals surface area contributed by atoms with Crippen LogP contribution in [0.3, 0.4) is 0 Å². The number of thiophene rings is 1. The third kappa shape index (κ3) is 3.76. The van der Waals surface area contributed by atoms with E-state index in [0.29, 0.717) is 37.6 Å². The van der Waals surface area contributed by atoms with Crippen LogP contribution >= 0.6 is 34.5 Å². The molecule has 2 aromatic heterocycles. The molecule has 9 heteroatoms. The number of pyridine rings is 1. The fourth-order valence-electron chi connectivity index (χ4n) is 2.78. The van der Waals surface area contributed by atoms with Crippen molar-refractivity contribution >= 4 is 62.0 Å². The fraction of sp³-hybridized carbons (Fsp3) is 0. The lowest BCUT2D eigenvalue weighted by Crippen LogP contribution is -2.13. The van der Waals surface area contributed by atoms with E-state index in [2.05, 4.69) is 10.3 Å². The smallest absolute Gasteiger partial charge is 0.268 e. The maximum Gasteiger partial charge on any atom is 0.268 e. The number of anilines is 2. The molecule has 4 aromatic rings. The van der Waals surface area contributed by atoms with E-state index in [1.165, 1.54) is 0 Å². The highest BCUT2D eigenvalue weighted by molar-refractivity contribution is 7.21. The average molecular weight is 450 g/mol. The maximum absolute atomic E-state index is 13.8. The van der Waals surface area contributed by atoms with Gasteiger partial charge in [-0.1, -0.05) is 23.2 Å². The number of aromatic nitrogens is 1. The molecule has 0 aliphatic heterocycles. The first kappa shape index (κ1) is 19.6. The Bertz CT molecular complexity index is 1280. The number of carbonyl (C=O) groups excluding carboxylic acids is 1. The molecule has 0 saturated carbocycles. The number of halogens is 4. The molecule has 0 unspecified atom stereocenters. The van der Waals surface area contributed by atoms with Gasteiger partial charge >= 0.3 is 0 Å². The predicted molar refractivity (Wildman–Crippen MR) is 114 cm³/mol. The lowest BCUT2D eigenvalue weighted by molar-refractivity contribution is 0.103. The van der Waals surface area contributed by atoms with Gasteiger partial charge in [0.05, 0.1) is 22.1 Å². The number of hydrogen-bond acceptors (Lipinski definition) is 4. The Morgan fingerprint density at radius 3 is 2.62 bits per heavy atom. The van der Waals surface area contributed by atoms with Gasteiger partial charge in [0.2, 0.25) is 0 Å². The normalized spacial score (nSPS) is 11.0. The maximum atomic E-state index is 13.8. The fourth-order valence-corrected chi connectivity index (χ4v) is 4.15. The van der Waals surface area contributed by atoms with Crippen LogP contribution in [0.2, 0.25) is 10.0 Å². The van der Waals surface area contributed by atoms with E-state index < -0.39 is 17.5 Å². The topological polar surface area (TPSA) is 68.0 Å². The van der Waals surface area contributed by atoms with Gasteiger partial charge < -0.3 is 11.1 Å². The molecule has 0 aliphatic carbocycles. The third-order valence-corrected chi connectivity index (χ3v) is 5.86. The zero-order valence-electron chi connectivity index (χ0n) is 14.5. The molecule has 4 rings (SSSR count). The van der Waals surface area contributed by atoms with Crippen molar-refractivity contribution in [2.75, 3.05) is 11.1 Å². The molecule has 0 fully saturated rings.